The number of aromatic nitrogens is 1. The van der Waals surface area contributed by atoms with Crippen molar-refractivity contribution in [3.05, 3.63) is 76.9 Å². The van der Waals surface area contributed by atoms with Crippen molar-refractivity contribution in [3.8, 4) is 0 Å². The van der Waals surface area contributed by atoms with Gasteiger partial charge in [0.1, 0.15) is 5.15 Å². The van der Waals surface area contributed by atoms with Gasteiger partial charge in [0.05, 0.1) is 5.52 Å². The smallest absolute Gasteiger partial charge is 0.225 e. The number of halogens is 1. The first-order chi connectivity index (χ1) is 14.2. The minimum absolute atomic E-state index is 0.145. The molecule has 1 aliphatic rings. The molecule has 1 aromatic heterocycles. The zero-order valence-electron chi connectivity index (χ0n) is 16.7. The van der Waals surface area contributed by atoms with E-state index < -0.39 is 0 Å². The Morgan fingerprint density at radius 1 is 1.00 bits per heavy atom. The molecule has 0 radical (unpaired) electrons. The first-order valence-corrected chi connectivity index (χ1v) is 11.0. The molecule has 3 nitrogen and oxygen atoms in total. The predicted molar refractivity (Wildman–Crippen MR) is 119 cm³/mol. The number of carbonyl (C=O) groups excluding carboxylic acids is 1. The molecule has 1 heterocycles. The molecular weight excluding hydrogens is 380 g/mol. The second-order valence-corrected chi connectivity index (χ2v) is 8.32. The summed E-state index contributed by atoms with van der Waals surface area (Å²) >= 11 is 6.51. The molecule has 3 aromatic rings. The predicted octanol–water partition coefficient (Wildman–Crippen LogP) is 6.04. The molecule has 0 saturated heterocycles. The van der Waals surface area contributed by atoms with Gasteiger partial charge in [-0.05, 0) is 37.0 Å². The van der Waals surface area contributed by atoms with Crippen LogP contribution >= 0.6 is 11.6 Å². The number of hydrogen-bond acceptors (Lipinski definition) is 2. The number of fused-ring (bicyclic) bond motifs is 1. The summed E-state index contributed by atoms with van der Waals surface area (Å²) in [5.41, 5.74) is 3.05. The highest BCUT2D eigenvalue weighted by Crippen LogP contribution is 2.28. The van der Waals surface area contributed by atoms with E-state index in [2.05, 4.69) is 23.2 Å². The Balaban J connectivity index is 1.57. The van der Waals surface area contributed by atoms with Crippen LogP contribution in [0.2, 0.25) is 5.15 Å². The monoisotopic (exact) mass is 406 g/mol. The van der Waals surface area contributed by atoms with Crippen molar-refractivity contribution < 1.29 is 4.79 Å². The fraction of sp³-hybridized carbons (Fsp3) is 0.360. The maximum atomic E-state index is 13.4. The number of carbonyl (C=O) groups is 1. The van der Waals surface area contributed by atoms with Gasteiger partial charge in [-0.1, -0.05) is 79.4 Å². The topological polar surface area (TPSA) is 33.2 Å². The van der Waals surface area contributed by atoms with E-state index in [1.165, 1.54) is 12.0 Å². The lowest BCUT2D eigenvalue weighted by Crippen LogP contribution is -2.38. The molecule has 4 rings (SSSR count). The van der Waals surface area contributed by atoms with E-state index in [9.17, 15) is 4.79 Å². The Labute approximate surface area is 177 Å². The molecule has 1 saturated carbocycles. The number of nitrogens with zero attached hydrogens (tertiary/aromatic N) is 2. The van der Waals surface area contributed by atoms with Gasteiger partial charge in [-0.15, -0.1) is 0 Å². The van der Waals surface area contributed by atoms with Crippen LogP contribution in [0.5, 0.6) is 0 Å². The van der Waals surface area contributed by atoms with E-state index in [0.717, 1.165) is 48.6 Å². The molecule has 4 heteroatoms. The molecule has 0 atom stereocenters. The van der Waals surface area contributed by atoms with Crippen molar-refractivity contribution in [2.24, 2.45) is 5.92 Å². The molecule has 1 fully saturated rings. The fourth-order valence-electron chi connectivity index (χ4n) is 4.24. The number of para-hydroxylation sites is 1. The molecule has 0 aliphatic heterocycles. The standard InChI is InChI=1S/C25H27ClN2O/c26-24-22(17-21-13-7-8-14-23(21)27-24)18-28(16-15-19-9-3-1-4-10-19)25(29)20-11-5-2-6-12-20/h1,3-4,7-10,13-14,17,20H,2,5-6,11-12,15-16,18H2. The second kappa shape index (κ2) is 9.41. The zero-order chi connectivity index (χ0) is 20.1. The average Bonchev–Trinajstić information content (AvgIpc) is 2.77. The van der Waals surface area contributed by atoms with E-state index in [0.29, 0.717) is 18.2 Å². The van der Waals surface area contributed by atoms with Crippen LogP contribution < -0.4 is 0 Å². The lowest BCUT2D eigenvalue weighted by atomic mass is 9.88. The zero-order valence-corrected chi connectivity index (χ0v) is 17.4. The first-order valence-electron chi connectivity index (χ1n) is 10.6. The number of hydrogen-bond donors (Lipinski definition) is 0. The normalized spacial score (nSPS) is 14.8. The Bertz CT molecular complexity index is 967. The molecule has 29 heavy (non-hydrogen) atoms. The van der Waals surface area contributed by atoms with Crippen LogP contribution in [0.15, 0.2) is 60.7 Å². The Morgan fingerprint density at radius 3 is 2.52 bits per heavy atom. The molecule has 1 aliphatic carbocycles. The molecule has 0 spiro atoms. The number of rotatable bonds is 6. The van der Waals surface area contributed by atoms with E-state index in [1.54, 1.807) is 0 Å². The summed E-state index contributed by atoms with van der Waals surface area (Å²) in [7, 11) is 0. The van der Waals surface area contributed by atoms with Gasteiger partial charge in [0.2, 0.25) is 5.91 Å². The van der Waals surface area contributed by atoms with Gasteiger partial charge in [-0.2, -0.15) is 0 Å². The molecule has 150 valence electrons. The van der Waals surface area contributed by atoms with Crippen LogP contribution in [-0.4, -0.2) is 22.3 Å². The Hall–Kier alpha value is -2.39. The van der Waals surface area contributed by atoms with Crippen molar-refractivity contribution in [2.45, 2.75) is 45.1 Å². The Morgan fingerprint density at radius 2 is 1.72 bits per heavy atom. The molecule has 0 unspecified atom stereocenters. The summed E-state index contributed by atoms with van der Waals surface area (Å²) in [6.45, 7) is 1.21. The van der Waals surface area contributed by atoms with Gasteiger partial charge in [0, 0.05) is 30.0 Å². The molecular formula is C25H27ClN2O. The summed E-state index contributed by atoms with van der Waals surface area (Å²) in [5.74, 6) is 0.413. The van der Waals surface area contributed by atoms with E-state index in [4.69, 9.17) is 11.6 Å². The van der Waals surface area contributed by atoms with Crippen molar-refractivity contribution >= 4 is 28.4 Å². The third-order valence-electron chi connectivity index (χ3n) is 5.89. The number of amides is 1. The minimum atomic E-state index is 0.145. The SMILES string of the molecule is O=C(C1CCCCC1)N(CCc1ccccc1)Cc1cc2ccccc2nc1Cl. The van der Waals surface area contributed by atoms with Gasteiger partial charge in [-0.25, -0.2) is 4.98 Å². The van der Waals surface area contributed by atoms with Gasteiger partial charge < -0.3 is 4.90 Å². The quantitative estimate of drug-likeness (QED) is 0.467. The summed E-state index contributed by atoms with van der Waals surface area (Å²) in [5, 5.41) is 1.55. The van der Waals surface area contributed by atoms with Gasteiger partial charge in [0.15, 0.2) is 0 Å². The molecule has 0 bridgehead atoms. The molecule has 2 aromatic carbocycles. The van der Waals surface area contributed by atoms with Crippen molar-refractivity contribution in [2.75, 3.05) is 6.54 Å². The van der Waals surface area contributed by atoms with Crippen molar-refractivity contribution in [3.63, 3.8) is 0 Å². The van der Waals surface area contributed by atoms with Gasteiger partial charge in [-0.3, -0.25) is 4.79 Å². The van der Waals surface area contributed by atoms with Crippen LogP contribution in [0.25, 0.3) is 10.9 Å². The van der Waals surface area contributed by atoms with Crippen LogP contribution in [0.3, 0.4) is 0 Å². The third-order valence-corrected chi connectivity index (χ3v) is 6.22. The van der Waals surface area contributed by atoms with Crippen LogP contribution in [-0.2, 0) is 17.8 Å². The number of benzene rings is 2. The Kier molecular flexibility index (Phi) is 6.46. The van der Waals surface area contributed by atoms with Crippen molar-refractivity contribution in [1.29, 1.82) is 0 Å². The maximum absolute atomic E-state index is 13.4. The first kappa shape index (κ1) is 19.9. The minimum Gasteiger partial charge on any atom is -0.338 e. The summed E-state index contributed by atoms with van der Waals surface area (Å²) < 4.78 is 0. The largest absolute Gasteiger partial charge is 0.338 e. The van der Waals surface area contributed by atoms with E-state index >= 15 is 0 Å². The maximum Gasteiger partial charge on any atom is 0.225 e. The van der Waals surface area contributed by atoms with Crippen LogP contribution in [0.1, 0.15) is 43.2 Å². The second-order valence-electron chi connectivity index (χ2n) is 7.96. The molecule has 0 N–H and O–H groups in total. The summed E-state index contributed by atoms with van der Waals surface area (Å²) in [6.07, 6.45) is 6.41. The van der Waals surface area contributed by atoms with E-state index in [-0.39, 0.29) is 11.8 Å². The van der Waals surface area contributed by atoms with Gasteiger partial charge >= 0.3 is 0 Å². The van der Waals surface area contributed by atoms with Crippen LogP contribution in [0.4, 0.5) is 0 Å². The fourth-order valence-corrected chi connectivity index (χ4v) is 4.44. The van der Waals surface area contributed by atoms with E-state index in [1.807, 2.05) is 47.4 Å². The molecule has 1 amide bonds. The number of pyridine rings is 1. The lowest BCUT2D eigenvalue weighted by molar-refractivity contribution is -0.137. The third kappa shape index (κ3) is 4.97. The highest BCUT2D eigenvalue weighted by atomic mass is 35.5. The lowest BCUT2D eigenvalue weighted by Gasteiger charge is -2.30. The average molecular weight is 407 g/mol. The summed E-state index contributed by atoms with van der Waals surface area (Å²) in [6, 6.07) is 20.4. The van der Waals surface area contributed by atoms with Gasteiger partial charge in [0.25, 0.3) is 0 Å². The highest BCUT2D eigenvalue weighted by Gasteiger charge is 2.26. The summed E-state index contributed by atoms with van der Waals surface area (Å²) in [4.78, 5) is 19.9. The highest BCUT2D eigenvalue weighted by molar-refractivity contribution is 6.30. The van der Waals surface area contributed by atoms with Crippen molar-refractivity contribution in [1.82, 2.24) is 9.88 Å². The van der Waals surface area contributed by atoms with Crippen LogP contribution in [0, 0.1) is 5.92 Å².